The van der Waals surface area contributed by atoms with E-state index in [0.29, 0.717) is 0 Å². The third kappa shape index (κ3) is 3.48. The van der Waals surface area contributed by atoms with Crippen molar-refractivity contribution in [1.29, 1.82) is 0 Å². The van der Waals surface area contributed by atoms with Crippen LogP contribution in [0.15, 0.2) is 11.4 Å². The van der Waals surface area contributed by atoms with E-state index < -0.39 is 0 Å². The van der Waals surface area contributed by atoms with Gasteiger partial charge in [-0.3, -0.25) is 0 Å². The van der Waals surface area contributed by atoms with Crippen molar-refractivity contribution >= 4 is 17.0 Å². The summed E-state index contributed by atoms with van der Waals surface area (Å²) in [5.41, 5.74) is 6.88. The van der Waals surface area contributed by atoms with Crippen LogP contribution in [-0.4, -0.2) is 31.1 Å². The standard InChI is InChI=1S/C11H21N3S/c1-11(2,14(3)4)8-13-7-10-9(12)5-6-15-10/h5-6,13H,7-8,12H2,1-4H3. The van der Waals surface area contributed by atoms with Crippen molar-refractivity contribution in [3.63, 3.8) is 0 Å². The highest BCUT2D eigenvalue weighted by Crippen LogP contribution is 2.18. The van der Waals surface area contributed by atoms with Crippen molar-refractivity contribution < 1.29 is 0 Å². The molecule has 15 heavy (non-hydrogen) atoms. The fourth-order valence-corrected chi connectivity index (χ4v) is 1.90. The number of nitrogens with zero attached hydrogens (tertiary/aromatic N) is 1. The van der Waals surface area contributed by atoms with E-state index in [2.05, 4.69) is 38.2 Å². The molecule has 3 nitrogen and oxygen atoms in total. The van der Waals surface area contributed by atoms with Crippen LogP contribution in [0, 0.1) is 0 Å². The Balaban J connectivity index is 2.37. The smallest absolute Gasteiger partial charge is 0.0468 e. The molecule has 1 rings (SSSR count). The Bertz CT molecular complexity index is 305. The van der Waals surface area contributed by atoms with Gasteiger partial charge in [0.1, 0.15) is 0 Å². The number of nitrogens with two attached hydrogens (primary N) is 1. The van der Waals surface area contributed by atoms with Gasteiger partial charge in [-0.05, 0) is 39.4 Å². The Morgan fingerprint density at radius 1 is 1.47 bits per heavy atom. The summed E-state index contributed by atoms with van der Waals surface area (Å²) >= 11 is 1.71. The molecule has 1 aromatic heterocycles. The van der Waals surface area contributed by atoms with Gasteiger partial charge >= 0.3 is 0 Å². The lowest BCUT2D eigenvalue weighted by Crippen LogP contribution is -2.46. The summed E-state index contributed by atoms with van der Waals surface area (Å²) in [6.45, 7) is 6.26. The molecule has 0 saturated heterocycles. The number of likely N-dealkylation sites (N-methyl/N-ethyl adjacent to an activating group) is 1. The second kappa shape index (κ2) is 4.96. The molecule has 0 saturated carbocycles. The third-order valence-electron chi connectivity index (χ3n) is 2.83. The molecule has 0 unspecified atom stereocenters. The van der Waals surface area contributed by atoms with Crippen LogP contribution in [-0.2, 0) is 6.54 Å². The number of nitrogens with one attached hydrogen (secondary N) is 1. The number of thiophene rings is 1. The van der Waals surface area contributed by atoms with Crippen LogP contribution in [0.25, 0.3) is 0 Å². The minimum absolute atomic E-state index is 0.173. The lowest BCUT2D eigenvalue weighted by Gasteiger charge is -2.32. The Morgan fingerprint density at radius 2 is 2.13 bits per heavy atom. The van der Waals surface area contributed by atoms with Crippen molar-refractivity contribution in [1.82, 2.24) is 10.2 Å². The van der Waals surface area contributed by atoms with Gasteiger partial charge in [0.15, 0.2) is 0 Å². The summed E-state index contributed by atoms with van der Waals surface area (Å²) in [4.78, 5) is 3.45. The molecule has 0 aliphatic heterocycles. The fraction of sp³-hybridized carbons (Fsp3) is 0.636. The molecule has 86 valence electrons. The van der Waals surface area contributed by atoms with Gasteiger partial charge in [0.25, 0.3) is 0 Å². The van der Waals surface area contributed by atoms with Crippen LogP contribution in [0.3, 0.4) is 0 Å². The highest BCUT2D eigenvalue weighted by Gasteiger charge is 2.19. The third-order valence-corrected chi connectivity index (χ3v) is 3.77. The van der Waals surface area contributed by atoms with E-state index in [1.165, 1.54) is 4.88 Å². The maximum atomic E-state index is 5.81. The molecule has 0 aliphatic carbocycles. The molecule has 0 fully saturated rings. The van der Waals surface area contributed by atoms with E-state index >= 15 is 0 Å². The first-order chi connectivity index (χ1) is 6.93. The number of hydrogen-bond acceptors (Lipinski definition) is 4. The van der Waals surface area contributed by atoms with Crippen molar-refractivity contribution in [2.45, 2.75) is 25.9 Å². The zero-order chi connectivity index (χ0) is 11.5. The van der Waals surface area contributed by atoms with Crippen LogP contribution >= 0.6 is 11.3 Å². The molecule has 0 radical (unpaired) electrons. The van der Waals surface area contributed by atoms with E-state index in [1.807, 2.05) is 11.4 Å². The van der Waals surface area contributed by atoms with Crippen LogP contribution in [0.4, 0.5) is 5.69 Å². The van der Waals surface area contributed by atoms with Crippen LogP contribution in [0.5, 0.6) is 0 Å². The first-order valence-corrected chi connectivity index (χ1v) is 6.01. The van der Waals surface area contributed by atoms with E-state index in [0.717, 1.165) is 18.8 Å². The predicted molar refractivity (Wildman–Crippen MR) is 68.2 cm³/mol. The van der Waals surface area contributed by atoms with Crippen molar-refractivity contribution in [3.05, 3.63) is 16.3 Å². The van der Waals surface area contributed by atoms with Gasteiger partial charge < -0.3 is 16.0 Å². The lowest BCUT2D eigenvalue weighted by molar-refractivity contribution is 0.190. The first kappa shape index (κ1) is 12.5. The molecule has 1 aromatic rings. The minimum Gasteiger partial charge on any atom is -0.398 e. The molecule has 1 heterocycles. The van der Waals surface area contributed by atoms with E-state index in [4.69, 9.17) is 5.73 Å². The summed E-state index contributed by atoms with van der Waals surface area (Å²) < 4.78 is 0. The molecular weight excluding hydrogens is 206 g/mol. The largest absolute Gasteiger partial charge is 0.398 e. The van der Waals surface area contributed by atoms with Gasteiger partial charge in [0.05, 0.1) is 0 Å². The van der Waals surface area contributed by atoms with Gasteiger partial charge in [-0.2, -0.15) is 0 Å². The second-order valence-electron chi connectivity index (χ2n) is 4.61. The molecule has 3 N–H and O–H groups in total. The molecular formula is C11H21N3S. The Morgan fingerprint density at radius 3 is 2.60 bits per heavy atom. The molecule has 0 aliphatic rings. The van der Waals surface area contributed by atoms with Gasteiger partial charge in [0.2, 0.25) is 0 Å². The second-order valence-corrected chi connectivity index (χ2v) is 5.61. The molecule has 0 atom stereocenters. The highest BCUT2D eigenvalue weighted by molar-refractivity contribution is 7.10. The average molecular weight is 227 g/mol. The van der Waals surface area contributed by atoms with Gasteiger partial charge in [0, 0.05) is 29.2 Å². The highest BCUT2D eigenvalue weighted by atomic mass is 32.1. The van der Waals surface area contributed by atoms with Crippen LogP contribution in [0.1, 0.15) is 18.7 Å². The fourth-order valence-electron chi connectivity index (χ4n) is 1.13. The summed E-state index contributed by atoms with van der Waals surface area (Å²) in [5.74, 6) is 0. The maximum Gasteiger partial charge on any atom is 0.0468 e. The molecule has 0 spiro atoms. The Labute approximate surface area is 96.3 Å². The molecule has 0 bridgehead atoms. The van der Waals surface area contributed by atoms with Gasteiger partial charge in [-0.1, -0.05) is 0 Å². The number of anilines is 1. The van der Waals surface area contributed by atoms with Gasteiger partial charge in [-0.15, -0.1) is 11.3 Å². The topological polar surface area (TPSA) is 41.3 Å². The van der Waals surface area contributed by atoms with E-state index in [9.17, 15) is 0 Å². The van der Waals surface area contributed by atoms with Crippen LogP contribution in [0.2, 0.25) is 0 Å². The monoisotopic (exact) mass is 227 g/mol. The number of nitrogen functional groups attached to an aromatic ring is 1. The van der Waals surface area contributed by atoms with Crippen molar-refractivity contribution in [3.8, 4) is 0 Å². The van der Waals surface area contributed by atoms with Crippen LogP contribution < -0.4 is 11.1 Å². The summed E-state index contributed by atoms with van der Waals surface area (Å²) in [5, 5.41) is 5.47. The Hall–Kier alpha value is -0.580. The Kier molecular flexibility index (Phi) is 4.13. The van der Waals surface area contributed by atoms with E-state index in [-0.39, 0.29) is 5.54 Å². The predicted octanol–water partition coefficient (Wildman–Crippen LogP) is 1.76. The number of hydrogen-bond donors (Lipinski definition) is 2. The summed E-state index contributed by atoms with van der Waals surface area (Å²) in [6, 6.07) is 1.96. The number of rotatable bonds is 5. The summed E-state index contributed by atoms with van der Waals surface area (Å²) in [7, 11) is 4.20. The zero-order valence-corrected chi connectivity index (χ0v) is 10.8. The molecule has 0 aromatic carbocycles. The zero-order valence-electron chi connectivity index (χ0n) is 10.0. The summed E-state index contributed by atoms with van der Waals surface area (Å²) in [6.07, 6.45) is 0. The van der Waals surface area contributed by atoms with E-state index in [1.54, 1.807) is 11.3 Å². The first-order valence-electron chi connectivity index (χ1n) is 5.13. The van der Waals surface area contributed by atoms with Crippen molar-refractivity contribution in [2.24, 2.45) is 0 Å². The maximum absolute atomic E-state index is 5.81. The quantitative estimate of drug-likeness (QED) is 0.805. The SMILES string of the molecule is CN(C)C(C)(C)CNCc1sccc1N. The lowest BCUT2D eigenvalue weighted by atomic mass is 10.0. The van der Waals surface area contributed by atoms with Crippen molar-refractivity contribution in [2.75, 3.05) is 26.4 Å². The normalized spacial score (nSPS) is 12.3. The molecule has 0 amide bonds. The van der Waals surface area contributed by atoms with Gasteiger partial charge in [-0.25, -0.2) is 0 Å². The average Bonchev–Trinajstić information content (AvgIpc) is 2.51. The molecule has 4 heteroatoms. The minimum atomic E-state index is 0.173.